The molecule has 0 amide bonds. The molecular formula is C27H23N3O2. The molecule has 2 N–H and O–H groups in total. The molecule has 158 valence electrons. The van der Waals surface area contributed by atoms with Crippen LogP contribution in [-0.4, -0.2) is 22.0 Å². The number of nitrogens with one attached hydrogen (secondary N) is 1. The van der Waals surface area contributed by atoms with Crippen LogP contribution < -0.4 is 10.1 Å². The molecule has 0 aliphatic heterocycles. The van der Waals surface area contributed by atoms with E-state index in [1.54, 1.807) is 13.3 Å². The molecule has 0 fully saturated rings. The summed E-state index contributed by atoms with van der Waals surface area (Å²) in [5, 5.41) is 15.8. The van der Waals surface area contributed by atoms with Crippen LogP contribution in [0.1, 0.15) is 17.2 Å². The van der Waals surface area contributed by atoms with Gasteiger partial charge in [0.2, 0.25) is 0 Å². The molecule has 0 aliphatic rings. The standard InChI is InChI=1S/C27H23N3O2/c1-32-21-13-9-12-20(18-21)26(29-24-16-7-8-17-28-24)25-22-14-5-6-15-23(22)30(31)27(25)19-10-3-2-4-11-19/h2-18,26,31H,1H3,(H,28,29)/t26-/m1/s1. The van der Waals surface area contributed by atoms with E-state index < -0.39 is 0 Å². The smallest absolute Gasteiger partial charge is 0.126 e. The molecule has 5 heteroatoms. The number of ether oxygens (including phenoxy) is 1. The summed E-state index contributed by atoms with van der Waals surface area (Å²) in [4.78, 5) is 4.49. The zero-order valence-electron chi connectivity index (χ0n) is 17.6. The van der Waals surface area contributed by atoms with Gasteiger partial charge in [0.15, 0.2) is 0 Å². The summed E-state index contributed by atoms with van der Waals surface area (Å²) in [5.74, 6) is 1.51. The first kappa shape index (κ1) is 19.7. The number of fused-ring (bicyclic) bond motifs is 1. The van der Waals surface area contributed by atoms with Crippen molar-refractivity contribution < 1.29 is 9.94 Å². The normalized spacial score (nSPS) is 11.9. The highest BCUT2D eigenvalue weighted by Crippen LogP contribution is 2.41. The van der Waals surface area contributed by atoms with Crippen LogP contribution in [0.4, 0.5) is 5.82 Å². The van der Waals surface area contributed by atoms with Gasteiger partial charge < -0.3 is 15.3 Å². The predicted molar refractivity (Wildman–Crippen MR) is 127 cm³/mol. The van der Waals surface area contributed by atoms with Crippen LogP contribution >= 0.6 is 0 Å². The van der Waals surface area contributed by atoms with Crippen LogP contribution in [0, 0.1) is 0 Å². The molecule has 5 rings (SSSR count). The summed E-state index contributed by atoms with van der Waals surface area (Å²) >= 11 is 0. The topological polar surface area (TPSA) is 59.3 Å². The van der Waals surface area contributed by atoms with E-state index >= 15 is 0 Å². The molecule has 0 saturated heterocycles. The second-order valence-electron chi connectivity index (χ2n) is 7.53. The quantitative estimate of drug-likeness (QED) is 0.323. The van der Waals surface area contributed by atoms with Gasteiger partial charge in [0.25, 0.3) is 0 Å². The van der Waals surface area contributed by atoms with Crippen molar-refractivity contribution in [3.8, 4) is 17.0 Å². The van der Waals surface area contributed by atoms with E-state index in [0.717, 1.165) is 44.9 Å². The van der Waals surface area contributed by atoms with Gasteiger partial charge in [0, 0.05) is 22.7 Å². The zero-order valence-corrected chi connectivity index (χ0v) is 17.6. The molecule has 2 aromatic heterocycles. The number of hydrogen-bond donors (Lipinski definition) is 2. The summed E-state index contributed by atoms with van der Waals surface area (Å²) in [5.41, 5.74) is 4.38. The van der Waals surface area contributed by atoms with Crippen molar-refractivity contribution in [2.75, 3.05) is 12.4 Å². The van der Waals surface area contributed by atoms with Crippen molar-refractivity contribution in [3.05, 3.63) is 114 Å². The molecule has 0 bridgehead atoms. The molecule has 5 nitrogen and oxygen atoms in total. The van der Waals surface area contributed by atoms with Gasteiger partial charge in [-0.1, -0.05) is 66.7 Å². The lowest BCUT2D eigenvalue weighted by atomic mass is 9.93. The molecule has 3 aromatic carbocycles. The number of hydrogen-bond acceptors (Lipinski definition) is 4. The summed E-state index contributed by atoms with van der Waals surface area (Å²) in [7, 11) is 1.66. The first-order chi connectivity index (χ1) is 15.8. The highest BCUT2D eigenvalue weighted by atomic mass is 16.5. The Morgan fingerprint density at radius 1 is 0.875 bits per heavy atom. The number of aromatic nitrogens is 2. The zero-order chi connectivity index (χ0) is 21.9. The van der Waals surface area contributed by atoms with E-state index in [2.05, 4.69) is 16.4 Å². The van der Waals surface area contributed by atoms with Crippen molar-refractivity contribution in [1.82, 2.24) is 9.71 Å². The number of anilines is 1. The van der Waals surface area contributed by atoms with Crippen LogP contribution in [0.15, 0.2) is 103 Å². The largest absolute Gasteiger partial charge is 0.497 e. The van der Waals surface area contributed by atoms with Crippen molar-refractivity contribution >= 4 is 16.7 Å². The lowest BCUT2D eigenvalue weighted by Gasteiger charge is -2.22. The lowest BCUT2D eigenvalue weighted by Crippen LogP contribution is -2.14. The minimum atomic E-state index is -0.284. The molecule has 2 heterocycles. The van der Waals surface area contributed by atoms with Crippen LogP contribution in [0.25, 0.3) is 22.2 Å². The number of benzene rings is 3. The van der Waals surface area contributed by atoms with Crippen molar-refractivity contribution in [2.24, 2.45) is 0 Å². The second kappa shape index (κ2) is 8.47. The number of methoxy groups -OCH3 is 1. The Bertz CT molecular complexity index is 1350. The lowest BCUT2D eigenvalue weighted by molar-refractivity contribution is 0.204. The molecule has 0 aliphatic carbocycles. The Balaban J connectivity index is 1.80. The third-order valence-electron chi connectivity index (χ3n) is 5.61. The molecule has 0 spiro atoms. The van der Waals surface area contributed by atoms with Gasteiger partial charge in [-0.3, -0.25) is 0 Å². The monoisotopic (exact) mass is 421 g/mol. The van der Waals surface area contributed by atoms with Gasteiger partial charge in [-0.2, -0.15) is 4.73 Å². The van der Waals surface area contributed by atoms with E-state index in [1.165, 1.54) is 4.73 Å². The summed E-state index contributed by atoms with van der Waals surface area (Å²) in [6.45, 7) is 0. The third kappa shape index (κ3) is 3.54. The summed E-state index contributed by atoms with van der Waals surface area (Å²) in [6, 6.07) is 31.3. The molecule has 0 unspecified atom stereocenters. The first-order valence-corrected chi connectivity index (χ1v) is 10.5. The summed E-state index contributed by atoms with van der Waals surface area (Å²) < 4.78 is 6.79. The van der Waals surface area contributed by atoms with Gasteiger partial charge in [-0.05, 0) is 35.9 Å². The average molecular weight is 422 g/mol. The fourth-order valence-electron chi connectivity index (χ4n) is 4.15. The molecule has 0 saturated carbocycles. The van der Waals surface area contributed by atoms with E-state index in [4.69, 9.17) is 4.74 Å². The van der Waals surface area contributed by atoms with Gasteiger partial charge in [-0.25, -0.2) is 4.98 Å². The number of rotatable bonds is 6. The van der Waals surface area contributed by atoms with Gasteiger partial charge in [0.05, 0.1) is 24.4 Å². The second-order valence-corrected chi connectivity index (χ2v) is 7.53. The Labute approximate surface area is 186 Å². The number of nitrogens with zero attached hydrogens (tertiary/aromatic N) is 2. The van der Waals surface area contributed by atoms with Gasteiger partial charge >= 0.3 is 0 Å². The molecular weight excluding hydrogens is 398 g/mol. The van der Waals surface area contributed by atoms with Crippen LogP contribution in [-0.2, 0) is 0 Å². The Kier molecular flexibility index (Phi) is 5.22. The molecule has 0 radical (unpaired) electrons. The minimum Gasteiger partial charge on any atom is -0.497 e. The molecule has 1 atom stereocenters. The first-order valence-electron chi connectivity index (χ1n) is 10.5. The van der Waals surface area contributed by atoms with Crippen molar-refractivity contribution in [1.29, 1.82) is 0 Å². The van der Waals surface area contributed by atoms with Crippen LogP contribution in [0.5, 0.6) is 5.75 Å². The maximum absolute atomic E-state index is 11.2. The Hall–Kier alpha value is -4.25. The average Bonchev–Trinajstić information content (AvgIpc) is 3.16. The van der Waals surface area contributed by atoms with Gasteiger partial charge in [-0.15, -0.1) is 0 Å². The van der Waals surface area contributed by atoms with Crippen molar-refractivity contribution in [2.45, 2.75) is 6.04 Å². The van der Waals surface area contributed by atoms with Gasteiger partial charge in [0.1, 0.15) is 11.6 Å². The maximum Gasteiger partial charge on any atom is 0.126 e. The van der Waals surface area contributed by atoms with Crippen molar-refractivity contribution in [3.63, 3.8) is 0 Å². The van der Waals surface area contributed by atoms with Crippen LogP contribution in [0.3, 0.4) is 0 Å². The molecule has 32 heavy (non-hydrogen) atoms. The maximum atomic E-state index is 11.2. The highest BCUT2D eigenvalue weighted by Gasteiger charge is 2.27. The SMILES string of the molecule is COc1cccc([C@@H](Nc2ccccn2)c2c(-c3ccccc3)n(O)c3ccccc23)c1. The predicted octanol–water partition coefficient (Wildman–Crippen LogP) is 6.15. The number of pyridine rings is 1. The molecule has 5 aromatic rings. The summed E-state index contributed by atoms with van der Waals surface area (Å²) in [6.07, 6.45) is 1.76. The Morgan fingerprint density at radius 2 is 1.66 bits per heavy atom. The number of para-hydroxylation sites is 1. The van der Waals surface area contributed by atoms with E-state index in [0.29, 0.717) is 0 Å². The minimum absolute atomic E-state index is 0.284. The van der Waals surface area contributed by atoms with E-state index in [-0.39, 0.29) is 6.04 Å². The Morgan fingerprint density at radius 3 is 2.44 bits per heavy atom. The fraction of sp³-hybridized carbons (Fsp3) is 0.0741. The van der Waals surface area contributed by atoms with Crippen LogP contribution in [0.2, 0.25) is 0 Å². The van der Waals surface area contributed by atoms with E-state index in [9.17, 15) is 5.21 Å². The fourth-order valence-corrected chi connectivity index (χ4v) is 4.15. The third-order valence-corrected chi connectivity index (χ3v) is 5.61. The van der Waals surface area contributed by atoms with E-state index in [1.807, 2.05) is 91.0 Å². The highest BCUT2D eigenvalue weighted by molar-refractivity contribution is 5.93.